The molecule has 0 aromatic heterocycles. The Balaban J connectivity index is 2.24. The fourth-order valence-corrected chi connectivity index (χ4v) is 3.37. The van der Waals surface area contributed by atoms with Crippen LogP contribution >= 0.6 is 15.9 Å². The van der Waals surface area contributed by atoms with Crippen LogP contribution in [0.25, 0.3) is 0 Å². The molecule has 0 saturated heterocycles. The van der Waals surface area contributed by atoms with Gasteiger partial charge in [0.2, 0.25) is 0 Å². The summed E-state index contributed by atoms with van der Waals surface area (Å²) in [6.07, 6.45) is 0.766. The number of benzene rings is 2. The van der Waals surface area contributed by atoms with Gasteiger partial charge in [-0.3, -0.25) is 9.52 Å². The Morgan fingerprint density at radius 2 is 1.76 bits per heavy atom. The molecule has 0 saturated carbocycles. The first kappa shape index (κ1) is 19.5. The highest BCUT2D eigenvalue weighted by Crippen LogP contribution is 2.20. The Labute approximate surface area is 157 Å². The predicted octanol–water partition coefficient (Wildman–Crippen LogP) is 4.17. The number of carbonyl (C=O) groups excluding carboxylic acids is 1. The summed E-state index contributed by atoms with van der Waals surface area (Å²) in [6, 6.07) is 12.8. The van der Waals surface area contributed by atoms with Gasteiger partial charge in [-0.05, 0) is 62.7 Å². The van der Waals surface area contributed by atoms with Crippen LogP contribution in [0.15, 0.2) is 57.9 Å². The molecule has 0 heterocycles. The predicted molar refractivity (Wildman–Crippen MR) is 103 cm³/mol. The lowest BCUT2D eigenvalue weighted by Crippen LogP contribution is -2.42. The molecule has 2 aromatic rings. The van der Waals surface area contributed by atoms with Gasteiger partial charge in [0.05, 0.1) is 4.90 Å². The zero-order valence-electron chi connectivity index (χ0n) is 14.3. The van der Waals surface area contributed by atoms with E-state index in [1.54, 1.807) is 36.4 Å². The van der Waals surface area contributed by atoms with E-state index in [0.29, 0.717) is 11.3 Å². The molecule has 0 unspecified atom stereocenters. The molecular formula is C18H21BrN2O3S. The molecule has 0 fully saturated rings. The van der Waals surface area contributed by atoms with Gasteiger partial charge in [0.15, 0.2) is 0 Å². The topological polar surface area (TPSA) is 75.3 Å². The minimum atomic E-state index is -3.78. The van der Waals surface area contributed by atoms with Crippen LogP contribution < -0.4 is 10.0 Å². The molecule has 7 heteroatoms. The van der Waals surface area contributed by atoms with E-state index in [4.69, 9.17) is 0 Å². The van der Waals surface area contributed by atoms with Gasteiger partial charge in [-0.2, -0.15) is 0 Å². The van der Waals surface area contributed by atoms with Crippen molar-refractivity contribution in [2.75, 3.05) is 4.72 Å². The van der Waals surface area contributed by atoms with Crippen molar-refractivity contribution in [1.82, 2.24) is 5.32 Å². The van der Waals surface area contributed by atoms with Crippen molar-refractivity contribution in [3.05, 3.63) is 58.6 Å². The second kappa shape index (κ2) is 7.58. The maximum atomic E-state index is 12.5. The van der Waals surface area contributed by atoms with Crippen molar-refractivity contribution < 1.29 is 13.2 Å². The summed E-state index contributed by atoms with van der Waals surface area (Å²) in [6.45, 7) is 5.81. The van der Waals surface area contributed by atoms with Gasteiger partial charge in [-0.15, -0.1) is 0 Å². The third kappa shape index (κ3) is 5.31. The lowest BCUT2D eigenvalue weighted by Gasteiger charge is -2.24. The lowest BCUT2D eigenvalue weighted by atomic mass is 10.0. The minimum absolute atomic E-state index is 0.0392. The average molecular weight is 425 g/mol. The number of amides is 1. The average Bonchev–Trinajstić information content (AvgIpc) is 2.56. The first-order chi connectivity index (χ1) is 11.6. The quantitative estimate of drug-likeness (QED) is 0.730. The van der Waals surface area contributed by atoms with Gasteiger partial charge in [0, 0.05) is 21.3 Å². The number of halogens is 1. The van der Waals surface area contributed by atoms with E-state index in [0.717, 1.165) is 10.9 Å². The van der Waals surface area contributed by atoms with Crippen LogP contribution in [0.5, 0.6) is 0 Å². The highest BCUT2D eigenvalue weighted by Gasteiger charge is 2.21. The molecule has 134 valence electrons. The summed E-state index contributed by atoms with van der Waals surface area (Å²) in [5.41, 5.74) is 0.395. The standard InChI is InChI=1S/C18H21BrN2O3S/c1-4-18(2,3)20-17(22)13-6-5-7-16(12-13)25(23,24)21-15-10-8-14(19)9-11-15/h5-12,21H,4H2,1-3H3,(H,20,22). The molecule has 0 aliphatic heterocycles. The number of hydrogen-bond acceptors (Lipinski definition) is 3. The molecule has 0 bridgehead atoms. The molecule has 1 amide bonds. The van der Waals surface area contributed by atoms with Crippen molar-refractivity contribution in [2.24, 2.45) is 0 Å². The highest BCUT2D eigenvalue weighted by atomic mass is 79.9. The van der Waals surface area contributed by atoms with E-state index in [1.165, 1.54) is 12.1 Å². The zero-order valence-corrected chi connectivity index (χ0v) is 16.7. The fraction of sp³-hybridized carbons (Fsp3) is 0.278. The Hall–Kier alpha value is -1.86. The van der Waals surface area contributed by atoms with Crippen LogP contribution in [0.2, 0.25) is 0 Å². The summed E-state index contributed by atoms with van der Waals surface area (Å²) in [5.74, 6) is -0.299. The normalized spacial score (nSPS) is 11.8. The van der Waals surface area contributed by atoms with Crippen molar-refractivity contribution in [1.29, 1.82) is 0 Å². The monoisotopic (exact) mass is 424 g/mol. The lowest BCUT2D eigenvalue weighted by molar-refractivity contribution is 0.0911. The second-order valence-electron chi connectivity index (χ2n) is 6.33. The third-order valence-electron chi connectivity index (χ3n) is 3.84. The molecule has 25 heavy (non-hydrogen) atoms. The summed E-state index contributed by atoms with van der Waals surface area (Å²) in [5, 5.41) is 2.90. The zero-order chi connectivity index (χ0) is 18.7. The van der Waals surface area contributed by atoms with E-state index in [9.17, 15) is 13.2 Å². The number of hydrogen-bond donors (Lipinski definition) is 2. The smallest absolute Gasteiger partial charge is 0.261 e. The van der Waals surface area contributed by atoms with Crippen LogP contribution in [-0.4, -0.2) is 19.9 Å². The number of nitrogens with one attached hydrogen (secondary N) is 2. The number of sulfonamides is 1. The van der Waals surface area contributed by atoms with E-state index in [2.05, 4.69) is 26.0 Å². The Morgan fingerprint density at radius 3 is 2.36 bits per heavy atom. The van der Waals surface area contributed by atoms with Gasteiger partial charge >= 0.3 is 0 Å². The summed E-state index contributed by atoms with van der Waals surface area (Å²) < 4.78 is 28.5. The molecule has 2 aromatic carbocycles. The van der Waals surface area contributed by atoms with Crippen molar-refractivity contribution in [3.8, 4) is 0 Å². The molecule has 5 nitrogen and oxygen atoms in total. The van der Waals surface area contributed by atoms with Gasteiger partial charge in [-0.1, -0.05) is 28.9 Å². The van der Waals surface area contributed by atoms with Crippen LogP contribution in [0, 0.1) is 0 Å². The minimum Gasteiger partial charge on any atom is -0.347 e. The van der Waals surface area contributed by atoms with Gasteiger partial charge in [0.1, 0.15) is 0 Å². The number of rotatable bonds is 6. The first-order valence-electron chi connectivity index (χ1n) is 7.84. The molecule has 0 spiro atoms. The molecule has 0 radical (unpaired) electrons. The summed E-state index contributed by atoms with van der Waals surface area (Å²) in [7, 11) is -3.78. The Bertz CT molecular complexity index is 862. The highest BCUT2D eigenvalue weighted by molar-refractivity contribution is 9.10. The molecular weight excluding hydrogens is 404 g/mol. The molecule has 0 aliphatic rings. The van der Waals surface area contributed by atoms with Crippen LogP contribution in [-0.2, 0) is 10.0 Å². The Morgan fingerprint density at radius 1 is 1.12 bits per heavy atom. The SMILES string of the molecule is CCC(C)(C)NC(=O)c1cccc(S(=O)(=O)Nc2ccc(Br)cc2)c1. The van der Waals surface area contributed by atoms with Crippen LogP contribution in [0.3, 0.4) is 0 Å². The number of anilines is 1. The maximum absolute atomic E-state index is 12.5. The van der Waals surface area contributed by atoms with Crippen molar-refractivity contribution in [2.45, 2.75) is 37.6 Å². The fourth-order valence-electron chi connectivity index (χ4n) is 2.00. The summed E-state index contributed by atoms with van der Waals surface area (Å²) >= 11 is 3.30. The van der Waals surface area contributed by atoms with E-state index < -0.39 is 10.0 Å². The first-order valence-corrected chi connectivity index (χ1v) is 10.1. The molecule has 0 aliphatic carbocycles. The van der Waals surface area contributed by atoms with E-state index in [-0.39, 0.29) is 16.3 Å². The van der Waals surface area contributed by atoms with Gasteiger partial charge in [0.25, 0.3) is 15.9 Å². The largest absolute Gasteiger partial charge is 0.347 e. The molecule has 2 rings (SSSR count). The molecule has 0 atom stereocenters. The third-order valence-corrected chi connectivity index (χ3v) is 5.75. The van der Waals surface area contributed by atoms with Crippen LogP contribution in [0.4, 0.5) is 5.69 Å². The molecule has 2 N–H and O–H groups in total. The van der Waals surface area contributed by atoms with Crippen molar-refractivity contribution in [3.63, 3.8) is 0 Å². The van der Waals surface area contributed by atoms with Gasteiger partial charge < -0.3 is 5.32 Å². The van der Waals surface area contributed by atoms with Crippen molar-refractivity contribution >= 4 is 37.5 Å². The van der Waals surface area contributed by atoms with E-state index >= 15 is 0 Å². The van der Waals surface area contributed by atoms with Gasteiger partial charge in [-0.25, -0.2) is 8.42 Å². The summed E-state index contributed by atoms with van der Waals surface area (Å²) in [4.78, 5) is 12.4. The van der Waals surface area contributed by atoms with E-state index in [1.807, 2.05) is 20.8 Å². The second-order valence-corrected chi connectivity index (χ2v) is 8.93. The Kier molecular flexibility index (Phi) is 5.90. The maximum Gasteiger partial charge on any atom is 0.261 e. The number of carbonyl (C=O) groups is 1. The van der Waals surface area contributed by atoms with Crippen LogP contribution in [0.1, 0.15) is 37.6 Å².